The lowest BCUT2D eigenvalue weighted by molar-refractivity contribution is -0.385. The summed E-state index contributed by atoms with van der Waals surface area (Å²) in [6.45, 7) is 1.42. The van der Waals surface area contributed by atoms with Crippen molar-refractivity contribution < 1.29 is 13.3 Å². The van der Waals surface area contributed by atoms with Crippen molar-refractivity contribution in [2.45, 2.75) is 11.8 Å². The number of rotatable bonds is 5. The van der Waals surface area contributed by atoms with E-state index < -0.39 is 14.9 Å². The van der Waals surface area contributed by atoms with Crippen molar-refractivity contribution in [3.63, 3.8) is 0 Å². The average molecular weight is 357 g/mol. The van der Waals surface area contributed by atoms with Crippen LogP contribution in [0.25, 0.3) is 5.69 Å². The molecule has 0 unspecified atom stereocenters. The molecule has 0 aliphatic carbocycles. The number of aromatic nitrogens is 1. The monoisotopic (exact) mass is 357 g/mol. The lowest BCUT2D eigenvalue weighted by Gasteiger charge is -2.12. The Kier molecular flexibility index (Phi) is 4.28. The molecule has 0 amide bonds. The Labute approximate surface area is 144 Å². The van der Waals surface area contributed by atoms with Crippen LogP contribution in [0.4, 0.5) is 11.4 Å². The third kappa shape index (κ3) is 3.38. The van der Waals surface area contributed by atoms with Crippen LogP contribution in [-0.4, -0.2) is 17.9 Å². The topological polar surface area (TPSA) is 94.2 Å². The molecule has 0 bridgehead atoms. The molecule has 3 rings (SSSR count). The summed E-state index contributed by atoms with van der Waals surface area (Å²) in [5.74, 6) is 0. The second-order valence-corrected chi connectivity index (χ2v) is 7.05. The van der Waals surface area contributed by atoms with Crippen LogP contribution in [0.15, 0.2) is 71.9 Å². The lowest BCUT2D eigenvalue weighted by Crippen LogP contribution is -2.15. The van der Waals surface area contributed by atoms with E-state index in [1.807, 2.05) is 35.2 Å². The van der Waals surface area contributed by atoms with E-state index >= 15 is 0 Å². The molecule has 1 aromatic heterocycles. The summed E-state index contributed by atoms with van der Waals surface area (Å²) in [5, 5.41) is 11.0. The number of nitro groups is 1. The van der Waals surface area contributed by atoms with Gasteiger partial charge in [0.05, 0.1) is 15.5 Å². The smallest absolute Gasteiger partial charge is 0.273 e. The van der Waals surface area contributed by atoms with Gasteiger partial charge in [0.25, 0.3) is 15.7 Å². The van der Waals surface area contributed by atoms with Gasteiger partial charge in [-0.2, -0.15) is 0 Å². The third-order valence-corrected chi connectivity index (χ3v) is 5.27. The molecule has 25 heavy (non-hydrogen) atoms. The van der Waals surface area contributed by atoms with Crippen LogP contribution in [0.3, 0.4) is 0 Å². The van der Waals surface area contributed by atoms with Crippen molar-refractivity contribution in [1.29, 1.82) is 0 Å². The zero-order chi connectivity index (χ0) is 18.0. The Balaban J connectivity index is 1.97. The van der Waals surface area contributed by atoms with Crippen molar-refractivity contribution in [1.82, 2.24) is 4.57 Å². The van der Waals surface area contributed by atoms with E-state index in [0.29, 0.717) is 5.69 Å². The maximum absolute atomic E-state index is 12.7. The summed E-state index contributed by atoms with van der Waals surface area (Å²) in [5.41, 5.74) is 1.03. The first-order chi connectivity index (χ1) is 11.9. The quantitative estimate of drug-likeness (QED) is 0.558. The number of nitrogens with one attached hydrogen (secondary N) is 1. The first kappa shape index (κ1) is 16.7. The van der Waals surface area contributed by atoms with Crippen molar-refractivity contribution in [2.24, 2.45) is 0 Å². The number of benzene rings is 2. The van der Waals surface area contributed by atoms with E-state index in [1.165, 1.54) is 25.1 Å². The van der Waals surface area contributed by atoms with Crippen LogP contribution in [-0.2, 0) is 10.0 Å². The normalized spacial score (nSPS) is 11.2. The molecule has 7 nitrogen and oxygen atoms in total. The minimum atomic E-state index is -3.95. The number of nitro benzene ring substituents is 1. The van der Waals surface area contributed by atoms with Crippen molar-refractivity contribution in [3.8, 4) is 5.69 Å². The van der Waals surface area contributed by atoms with Gasteiger partial charge in [-0.1, -0.05) is 12.1 Å². The van der Waals surface area contributed by atoms with Crippen molar-refractivity contribution >= 4 is 21.4 Å². The summed E-state index contributed by atoms with van der Waals surface area (Å²) in [6, 6.07) is 14.6. The molecular weight excluding hydrogens is 342 g/mol. The van der Waals surface area contributed by atoms with E-state index in [1.54, 1.807) is 18.2 Å². The van der Waals surface area contributed by atoms with Crippen LogP contribution >= 0.6 is 0 Å². The summed E-state index contributed by atoms with van der Waals surface area (Å²) < 4.78 is 29.6. The van der Waals surface area contributed by atoms with E-state index in [2.05, 4.69) is 4.72 Å². The molecule has 0 spiro atoms. The van der Waals surface area contributed by atoms with Gasteiger partial charge < -0.3 is 4.57 Å². The number of hydrogen-bond acceptors (Lipinski definition) is 4. The fourth-order valence-corrected chi connectivity index (χ4v) is 3.85. The van der Waals surface area contributed by atoms with Gasteiger partial charge in [-0.25, -0.2) is 8.42 Å². The van der Waals surface area contributed by atoms with Gasteiger partial charge in [0.1, 0.15) is 0 Å². The molecule has 2 aromatic carbocycles. The fraction of sp³-hybridized carbons (Fsp3) is 0.0588. The first-order valence-electron chi connectivity index (χ1n) is 7.39. The molecule has 8 heteroatoms. The Hall–Kier alpha value is -3.13. The maximum Gasteiger partial charge on any atom is 0.273 e. The molecule has 0 aliphatic rings. The number of sulfonamides is 1. The Morgan fingerprint density at radius 1 is 1.04 bits per heavy atom. The van der Waals surface area contributed by atoms with Crippen molar-refractivity contribution in [3.05, 3.63) is 82.7 Å². The maximum atomic E-state index is 12.7. The molecule has 0 aliphatic heterocycles. The average Bonchev–Trinajstić information content (AvgIpc) is 3.09. The van der Waals surface area contributed by atoms with Crippen LogP contribution in [0.2, 0.25) is 0 Å². The highest BCUT2D eigenvalue weighted by Crippen LogP contribution is 2.27. The number of nitrogens with zero attached hydrogens (tertiary/aromatic N) is 2. The standard InChI is InChI=1S/C17H15N3O4S/c1-13-16(20(21)22)8-5-9-17(13)25(23,24)18-14-6-4-7-15(12-14)19-10-2-3-11-19/h2-12,18H,1H3. The molecule has 0 fully saturated rings. The Morgan fingerprint density at radius 3 is 2.40 bits per heavy atom. The van der Waals surface area contributed by atoms with Gasteiger partial charge >= 0.3 is 0 Å². The zero-order valence-electron chi connectivity index (χ0n) is 13.3. The fourth-order valence-electron chi connectivity index (χ4n) is 2.54. The highest BCUT2D eigenvalue weighted by atomic mass is 32.2. The molecule has 128 valence electrons. The highest BCUT2D eigenvalue weighted by molar-refractivity contribution is 7.92. The molecule has 1 heterocycles. The first-order valence-corrected chi connectivity index (χ1v) is 8.87. The van der Waals surface area contributed by atoms with Gasteiger partial charge in [0.15, 0.2) is 0 Å². The molecule has 0 atom stereocenters. The van der Waals surface area contributed by atoms with E-state index in [4.69, 9.17) is 0 Å². The van der Waals surface area contributed by atoms with E-state index in [0.717, 1.165) is 5.69 Å². The van der Waals surface area contributed by atoms with Crippen LogP contribution in [0.5, 0.6) is 0 Å². The molecule has 3 aromatic rings. The second-order valence-electron chi connectivity index (χ2n) is 5.40. The highest BCUT2D eigenvalue weighted by Gasteiger charge is 2.23. The minimum absolute atomic E-state index is 0.0987. The van der Waals surface area contributed by atoms with Gasteiger partial charge in [-0.15, -0.1) is 0 Å². The van der Waals surface area contributed by atoms with Gasteiger partial charge in [0, 0.05) is 29.7 Å². The largest absolute Gasteiger partial charge is 0.324 e. The molecule has 0 saturated heterocycles. The van der Waals surface area contributed by atoms with Crippen LogP contribution in [0.1, 0.15) is 5.56 Å². The van der Waals surface area contributed by atoms with Crippen LogP contribution in [0, 0.1) is 17.0 Å². The second kappa shape index (κ2) is 6.40. The van der Waals surface area contributed by atoms with Crippen molar-refractivity contribution in [2.75, 3.05) is 4.72 Å². The number of anilines is 1. The zero-order valence-corrected chi connectivity index (χ0v) is 14.1. The molecule has 0 radical (unpaired) electrons. The van der Waals surface area contributed by atoms with Gasteiger partial charge in [-0.3, -0.25) is 14.8 Å². The van der Waals surface area contributed by atoms with Gasteiger partial charge in [-0.05, 0) is 43.3 Å². The predicted octanol–water partition coefficient (Wildman–Crippen LogP) is 3.49. The summed E-state index contributed by atoms with van der Waals surface area (Å²) in [7, 11) is -3.95. The van der Waals surface area contributed by atoms with E-state index in [-0.39, 0.29) is 16.1 Å². The molecular formula is C17H15N3O4S. The Morgan fingerprint density at radius 2 is 1.72 bits per heavy atom. The predicted molar refractivity (Wildman–Crippen MR) is 94.4 cm³/mol. The lowest BCUT2D eigenvalue weighted by atomic mass is 10.2. The SMILES string of the molecule is Cc1c([N+](=O)[O-])cccc1S(=O)(=O)Nc1cccc(-n2cccc2)c1. The van der Waals surface area contributed by atoms with E-state index in [9.17, 15) is 18.5 Å². The van der Waals surface area contributed by atoms with Gasteiger partial charge in [0.2, 0.25) is 0 Å². The Bertz CT molecular complexity index is 1030. The number of hydrogen-bond donors (Lipinski definition) is 1. The minimum Gasteiger partial charge on any atom is -0.324 e. The van der Waals surface area contributed by atoms with Crippen LogP contribution < -0.4 is 4.72 Å². The summed E-state index contributed by atoms with van der Waals surface area (Å²) in [4.78, 5) is 10.3. The molecule has 1 N–H and O–H groups in total. The molecule has 0 saturated carbocycles. The third-order valence-electron chi connectivity index (χ3n) is 3.74. The summed E-state index contributed by atoms with van der Waals surface area (Å²) >= 11 is 0. The summed E-state index contributed by atoms with van der Waals surface area (Å²) in [6.07, 6.45) is 3.69.